The highest BCUT2D eigenvalue weighted by atomic mass is 16.3. The third-order valence-electron chi connectivity index (χ3n) is 4.28. The van der Waals surface area contributed by atoms with Crippen molar-refractivity contribution in [3.05, 3.63) is 0 Å². The first-order valence-corrected chi connectivity index (χ1v) is 7.68. The van der Waals surface area contributed by atoms with Gasteiger partial charge in [-0.25, -0.2) is 0 Å². The van der Waals surface area contributed by atoms with Gasteiger partial charge in [-0.15, -0.1) is 0 Å². The number of hydrogen-bond acceptors (Lipinski definition) is 2. The summed E-state index contributed by atoms with van der Waals surface area (Å²) in [6.45, 7) is 7.71. The van der Waals surface area contributed by atoms with Gasteiger partial charge in [-0.2, -0.15) is 0 Å². The largest absolute Gasteiger partial charge is 0.391 e. The number of rotatable bonds is 7. The highest BCUT2D eigenvalue weighted by Gasteiger charge is 2.29. The van der Waals surface area contributed by atoms with Crippen molar-refractivity contribution in [3.63, 3.8) is 0 Å². The van der Waals surface area contributed by atoms with Gasteiger partial charge < -0.3 is 5.11 Å². The van der Waals surface area contributed by atoms with Gasteiger partial charge in [0, 0.05) is 12.1 Å². The number of hydrogen-bond donors (Lipinski definition) is 1. The van der Waals surface area contributed by atoms with E-state index < -0.39 is 0 Å². The molecule has 0 aromatic rings. The molecule has 0 heterocycles. The Labute approximate surface area is 107 Å². The summed E-state index contributed by atoms with van der Waals surface area (Å²) in [5.74, 6) is 0. The van der Waals surface area contributed by atoms with Gasteiger partial charge in [-0.05, 0) is 32.2 Å². The van der Waals surface area contributed by atoms with Crippen molar-refractivity contribution in [2.45, 2.75) is 90.3 Å². The number of likely N-dealkylation sites (N-methyl/N-ethyl adjacent to an activating group) is 1. The lowest BCUT2D eigenvalue weighted by Crippen LogP contribution is -2.49. The van der Waals surface area contributed by atoms with Crippen LogP contribution in [0.2, 0.25) is 0 Å². The van der Waals surface area contributed by atoms with E-state index in [9.17, 15) is 5.11 Å². The SMILES string of the molecule is CCCC(O)C(CC)N(CC)C1CCCCC1. The van der Waals surface area contributed by atoms with Crippen LogP contribution in [0.25, 0.3) is 0 Å². The van der Waals surface area contributed by atoms with Crippen molar-refractivity contribution in [1.29, 1.82) is 0 Å². The predicted octanol–water partition coefficient (Wildman–Crippen LogP) is 3.58. The molecule has 0 radical (unpaired) electrons. The lowest BCUT2D eigenvalue weighted by Gasteiger charge is -2.41. The molecule has 0 amide bonds. The average molecular weight is 241 g/mol. The van der Waals surface area contributed by atoms with Crippen molar-refractivity contribution in [2.24, 2.45) is 0 Å². The zero-order valence-corrected chi connectivity index (χ0v) is 12.0. The third kappa shape index (κ3) is 4.26. The van der Waals surface area contributed by atoms with Gasteiger partial charge in [0.05, 0.1) is 6.10 Å². The van der Waals surface area contributed by atoms with Crippen LogP contribution in [-0.4, -0.2) is 34.7 Å². The summed E-state index contributed by atoms with van der Waals surface area (Å²) >= 11 is 0. The second kappa shape index (κ2) is 8.10. The minimum atomic E-state index is -0.133. The van der Waals surface area contributed by atoms with E-state index >= 15 is 0 Å². The molecule has 1 saturated carbocycles. The van der Waals surface area contributed by atoms with Crippen LogP contribution in [0.5, 0.6) is 0 Å². The van der Waals surface area contributed by atoms with E-state index in [-0.39, 0.29) is 6.10 Å². The number of nitrogens with zero attached hydrogens (tertiary/aromatic N) is 1. The summed E-state index contributed by atoms with van der Waals surface area (Å²) in [6, 6.07) is 1.10. The maximum Gasteiger partial charge on any atom is 0.0695 e. The Bertz CT molecular complexity index is 189. The second-order valence-corrected chi connectivity index (χ2v) is 5.45. The van der Waals surface area contributed by atoms with Crippen LogP contribution in [0.4, 0.5) is 0 Å². The fourth-order valence-corrected chi connectivity index (χ4v) is 3.39. The highest BCUT2D eigenvalue weighted by molar-refractivity contribution is 4.84. The molecule has 0 spiro atoms. The van der Waals surface area contributed by atoms with Crippen LogP contribution in [0.15, 0.2) is 0 Å². The zero-order chi connectivity index (χ0) is 12.7. The predicted molar refractivity (Wildman–Crippen MR) is 74.2 cm³/mol. The third-order valence-corrected chi connectivity index (χ3v) is 4.28. The Kier molecular flexibility index (Phi) is 7.14. The molecule has 1 aliphatic carbocycles. The first-order valence-electron chi connectivity index (χ1n) is 7.68. The summed E-state index contributed by atoms with van der Waals surface area (Å²) in [4.78, 5) is 2.58. The Morgan fingerprint density at radius 1 is 1.12 bits per heavy atom. The van der Waals surface area contributed by atoms with Gasteiger partial charge in [0.25, 0.3) is 0 Å². The van der Waals surface area contributed by atoms with E-state index in [4.69, 9.17) is 0 Å². The van der Waals surface area contributed by atoms with Gasteiger partial charge in [0.15, 0.2) is 0 Å². The monoisotopic (exact) mass is 241 g/mol. The first kappa shape index (κ1) is 15.0. The van der Waals surface area contributed by atoms with E-state index in [0.717, 1.165) is 31.8 Å². The zero-order valence-electron chi connectivity index (χ0n) is 12.0. The molecule has 0 aromatic carbocycles. The van der Waals surface area contributed by atoms with Gasteiger partial charge in [0.2, 0.25) is 0 Å². The summed E-state index contributed by atoms with van der Waals surface area (Å²) in [5.41, 5.74) is 0. The molecular weight excluding hydrogens is 210 g/mol. The quantitative estimate of drug-likeness (QED) is 0.736. The van der Waals surface area contributed by atoms with E-state index in [2.05, 4.69) is 25.7 Å². The Hall–Kier alpha value is -0.0800. The first-order chi connectivity index (χ1) is 8.24. The van der Waals surface area contributed by atoms with E-state index in [0.29, 0.717) is 6.04 Å². The Morgan fingerprint density at radius 3 is 2.24 bits per heavy atom. The normalized spacial score (nSPS) is 21.7. The van der Waals surface area contributed by atoms with E-state index in [1.165, 1.54) is 32.1 Å². The molecule has 1 aliphatic rings. The molecule has 2 nitrogen and oxygen atoms in total. The fraction of sp³-hybridized carbons (Fsp3) is 1.00. The lowest BCUT2D eigenvalue weighted by atomic mass is 9.91. The van der Waals surface area contributed by atoms with Crippen LogP contribution in [-0.2, 0) is 0 Å². The molecule has 17 heavy (non-hydrogen) atoms. The lowest BCUT2D eigenvalue weighted by molar-refractivity contribution is 0.0102. The molecule has 2 unspecified atom stereocenters. The van der Waals surface area contributed by atoms with Gasteiger partial charge in [-0.1, -0.05) is 46.5 Å². The van der Waals surface area contributed by atoms with Crippen LogP contribution >= 0.6 is 0 Å². The Balaban J connectivity index is 2.60. The minimum Gasteiger partial charge on any atom is -0.391 e. The van der Waals surface area contributed by atoms with Crippen LogP contribution in [0.1, 0.15) is 72.1 Å². The second-order valence-electron chi connectivity index (χ2n) is 5.45. The van der Waals surface area contributed by atoms with Crippen molar-refractivity contribution < 1.29 is 5.11 Å². The van der Waals surface area contributed by atoms with Crippen molar-refractivity contribution >= 4 is 0 Å². The van der Waals surface area contributed by atoms with Gasteiger partial charge in [0.1, 0.15) is 0 Å². The Morgan fingerprint density at radius 2 is 1.76 bits per heavy atom. The molecule has 0 aromatic heterocycles. The molecule has 1 rings (SSSR count). The molecule has 102 valence electrons. The average Bonchev–Trinajstić information content (AvgIpc) is 2.37. The molecule has 1 N–H and O–H groups in total. The van der Waals surface area contributed by atoms with Crippen molar-refractivity contribution in [2.75, 3.05) is 6.54 Å². The molecule has 2 heteroatoms. The smallest absolute Gasteiger partial charge is 0.0695 e. The van der Waals surface area contributed by atoms with E-state index in [1.807, 2.05) is 0 Å². The molecule has 0 aliphatic heterocycles. The molecule has 2 atom stereocenters. The van der Waals surface area contributed by atoms with E-state index in [1.54, 1.807) is 0 Å². The van der Waals surface area contributed by atoms with Crippen LogP contribution < -0.4 is 0 Å². The number of aliphatic hydroxyl groups is 1. The number of aliphatic hydroxyl groups excluding tert-OH is 1. The summed E-state index contributed by atoms with van der Waals surface area (Å²) in [6.07, 6.45) is 9.80. The standard InChI is InChI=1S/C15H31NO/c1-4-10-15(17)14(5-2)16(6-3)13-11-8-7-9-12-13/h13-15,17H,4-12H2,1-3H3. The minimum absolute atomic E-state index is 0.133. The maximum atomic E-state index is 10.3. The molecule has 0 saturated heterocycles. The van der Waals surface area contributed by atoms with Gasteiger partial charge in [-0.3, -0.25) is 4.90 Å². The van der Waals surface area contributed by atoms with Crippen molar-refractivity contribution in [3.8, 4) is 0 Å². The van der Waals surface area contributed by atoms with Crippen molar-refractivity contribution in [1.82, 2.24) is 4.90 Å². The fourth-order valence-electron chi connectivity index (χ4n) is 3.39. The summed E-state index contributed by atoms with van der Waals surface area (Å²) < 4.78 is 0. The molecule has 1 fully saturated rings. The summed E-state index contributed by atoms with van der Waals surface area (Å²) in [5, 5.41) is 10.3. The molecular formula is C15H31NO. The van der Waals surface area contributed by atoms with Crippen LogP contribution in [0, 0.1) is 0 Å². The summed E-state index contributed by atoms with van der Waals surface area (Å²) in [7, 11) is 0. The van der Waals surface area contributed by atoms with Gasteiger partial charge >= 0.3 is 0 Å². The molecule has 0 bridgehead atoms. The highest BCUT2D eigenvalue weighted by Crippen LogP contribution is 2.26. The topological polar surface area (TPSA) is 23.5 Å². The van der Waals surface area contributed by atoms with Crippen LogP contribution in [0.3, 0.4) is 0 Å². The maximum absolute atomic E-state index is 10.3.